The number of fused-ring (bicyclic) bond motifs is 2. The maximum atomic E-state index is 9.50. The second kappa shape index (κ2) is 4.51. The summed E-state index contributed by atoms with van der Waals surface area (Å²) in [5, 5.41) is 16.6. The van der Waals surface area contributed by atoms with Crippen molar-refractivity contribution in [3.8, 4) is 11.9 Å². The lowest BCUT2D eigenvalue weighted by Crippen LogP contribution is -2.41. The van der Waals surface area contributed by atoms with Gasteiger partial charge in [-0.3, -0.25) is 5.10 Å². The molecule has 0 amide bonds. The van der Waals surface area contributed by atoms with Crippen molar-refractivity contribution in [3.63, 3.8) is 0 Å². The van der Waals surface area contributed by atoms with Gasteiger partial charge in [0, 0.05) is 13.7 Å². The Kier molecular flexibility index (Phi) is 2.92. The predicted octanol–water partition coefficient (Wildman–Crippen LogP) is 0.689. The van der Waals surface area contributed by atoms with Gasteiger partial charge in [0.2, 0.25) is 11.8 Å². The monoisotopic (exact) mass is 276 g/mol. The molecule has 0 saturated carbocycles. The van der Waals surface area contributed by atoms with Gasteiger partial charge in [0.1, 0.15) is 11.6 Å². The van der Waals surface area contributed by atoms with Crippen LogP contribution >= 0.6 is 0 Å². The second-order valence-corrected chi connectivity index (χ2v) is 5.00. The van der Waals surface area contributed by atoms with Crippen LogP contribution in [0.25, 0.3) is 0 Å². The summed E-state index contributed by atoms with van der Waals surface area (Å²) in [7, 11) is 1.60. The lowest BCUT2D eigenvalue weighted by atomic mass is 9.69. The van der Waals surface area contributed by atoms with Crippen LogP contribution in [0.5, 0.6) is 5.88 Å². The normalized spacial score (nSPS) is 28.4. The van der Waals surface area contributed by atoms with Crippen molar-refractivity contribution in [2.24, 2.45) is 5.73 Å². The fraction of sp³-hybridized carbons (Fsp3) is 0.538. The number of nitrogens with one attached hydrogen (secondary N) is 1. The molecule has 2 atom stereocenters. The molecule has 2 aliphatic heterocycles. The average molecular weight is 276 g/mol. The Hall–Kier alpha value is -2.04. The summed E-state index contributed by atoms with van der Waals surface area (Å²) in [5.41, 5.74) is 7.33. The first kappa shape index (κ1) is 13.0. The molecule has 1 aromatic heterocycles. The quantitative estimate of drug-likeness (QED) is 0.823. The molecule has 0 aliphatic carbocycles. The van der Waals surface area contributed by atoms with Crippen LogP contribution in [0.4, 0.5) is 0 Å². The SMILES string of the molecule is COCc1[nH]nc2c1[C@@]1(CCO[C@H]1C)C(C#N)=C(N)O2. The van der Waals surface area contributed by atoms with Crippen molar-refractivity contribution in [3.05, 3.63) is 22.7 Å². The number of hydrogen-bond donors (Lipinski definition) is 2. The van der Waals surface area contributed by atoms with Gasteiger partial charge >= 0.3 is 0 Å². The van der Waals surface area contributed by atoms with E-state index >= 15 is 0 Å². The molecule has 0 radical (unpaired) electrons. The number of nitrogens with zero attached hydrogens (tertiary/aromatic N) is 2. The molecule has 3 rings (SSSR count). The third-order valence-corrected chi connectivity index (χ3v) is 4.11. The van der Waals surface area contributed by atoms with Crippen LogP contribution in [0.2, 0.25) is 0 Å². The standard InChI is InChI=1S/C13H16N4O3/c1-7-13(3-4-19-7)8(5-14)11(15)20-12-10(13)9(6-18-2)16-17-12/h7H,3-4,6,15H2,1-2H3,(H,16,17)/t7-,13+/m0/s1. The van der Waals surface area contributed by atoms with Crippen LogP contribution in [0.15, 0.2) is 11.5 Å². The number of aromatic nitrogens is 2. The number of nitriles is 1. The highest BCUT2D eigenvalue weighted by atomic mass is 16.5. The van der Waals surface area contributed by atoms with E-state index in [1.165, 1.54) is 0 Å². The minimum atomic E-state index is -0.604. The molecule has 1 saturated heterocycles. The van der Waals surface area contributed by atoms with Crippen molar-refractivity contribution < 1.29 is 14.2 Å². The summed E-state index contributed by atoms with van der Waals surface area (Å²) in [5.74, 6) is 0.513. The molecule has 0 aromatic carbocycles. The number of nitrogens with two attached hydrogens (primary N) is 1. The van der Waals surface area contributed by atoms with Crippen molar-refractivity contribution in [1.82, 2.24) is 10.2 Å². The minimum Gasteiger partial charge on any atom is -0.420 e. The van der Waals surface area contributed by atoms with Gasteiger partial charge in [-0.2, -0.15) is 5.26 Å². The summed E-state index contributed by atoms with van der Waals surface area (Å²) >= 11 is 0. The van der Waals surface area contributed by atoms with Gasteiger partial charge in [-0.05, 0) is 13.3 Å². The van der Waals surface area contributed by atoms with Crippen LogP contribution < -0.4 is 10.5 Å². The summed E-state index contributed by atoms with van der Waals surface area (Å²) in [6.45, 7) is 2.87. The largest absolute Gasteiger partial charge is 0.420 e. The molecule has 1 fully saturated rings. The number of aromatic amines is 1. The van der Waals surface area contributed by atoms with E-state index < -0.39 is 5.41 Å². The molecule has 0 unspecified atom stereocenters. The van der Waals surface area contributed by atoms with Gasteiger partial charge in [-0.25, -0.2) is 0 Å². The van der Waals surface area contributed by atoms with Gasteiger partial charge in [-0.15, -0.1) is 5.10 Å². The molecule has 1 spiro atoms. The van der Waals surface area contributed by atoms with Gasteiger partial charge in [0.25, 0.3) is 0 Å². The van der Waals surface area contributed by atoms with Crippen molar-refractivity contribution in [1.29, 1.82) is 5.26 Å². The maximum Gasteiger partial charge on any atom is 0.244 e. The second-order valence-electron chi connectivity index (χ2n) is 5.00. The molecule has 1 aromatic rings. The summed E-state index contributed by atoms with van der Waals surface area (Å²) in [4.78, 5) is 0. The zero-order valence-electron chi connectivity index (χ0n) is 11.4. The van der Waals surface area contributed by atoms with E-state index in [9.17, 15) is 5.26 Å². The molecule has 0 bridgehead atoms. The van der Waals surface area contributed by atoms with Crippen molar-refractivity contribution in [2.75, 3.05) is 13.7 Å². The van der Waals surface area contributed by atoms with Gasteiger partial charge in [0.15, 0.2) is 0 Å². The average Bonchev–Trinajstić information content (AvgIpc) is 2.97. The zero-order valence-corrected chi connectivity index (χ0v) is 11.4. The number of ether oxygens (including phenoxy) is 3. The molecule has 7 heteroatoms. The Morgan fingerprint density at radius 1 is 1.65 bits per heavy atom. The van der Waals surface area contributed by atoms with E-state index in [0.717, 1.165) is 11.3 Å². The molecule has 7 nitrogen and oxygen atoms in total. The molecule has 3 heterocycles. The number of rotatable bonds is 2. The van der Waals surface area contributed by atoms with E-state index in [-0.39, 0.29) is 12.0 Å². The van der Waals surface area contributed by atoms with Crippen LogP contribution in [0, 0.1) is 11.3 Å². The Balaban J connectivity index is 2.24. The van der Waals surface area contributed by atoms with Crippen molar-refractivity contribution >= 4 is 0 Å². The lowest BCUT2D eigenvalue weighted by molar-refractivity contribution is 0.0987. The fourth-order valence-electron chi connectivity index (χ4n) is 3.20. The number of methoxy groups -OCH3 is 1. The fourth-order valence-corrected chi connectivity index (χ4v) is 3.20. The highest BCUT2D eigenvalue weighted by Gasteiger charge is 2.54. The van der Waals surface area contributed by atoms with Gasteiger partial charge in [-0.1, -0.05) is 0 Å². The number of hydrogen-bond acceptors (Lipinski definition) is 6. The zero-order chi connectivity index (χ0) is 14.3. The molecular formula is C13H16N4O3. The smallest absolute Gasteiger partial charge is 0.244 e. The summed E-state index contributed by atoms with van der Waals surface area (Å²) in [6, 6.07) is 2.18. The van der Waals surface area contributed by atoms with Crippen LogP contribution in [0.3, 0.4) is 0 Å². The van der Waals surface area contributed by atoms with E-state index in [4.69, 9.17) is 19.9 Å². The molecule has 20 heavy (non-hydrogen) atoms. The van der Waals surface area contributed by atoms with E-state index in [0.29, 0.717) is 31.1 Å². The predicted molar refractivity (Wildman–Crippen MR) is 68.5 cm³/mol. The molecule has 2 aliphatic rings. The summed E-state index contributed by atoms with van der Waals surface area (Å²) in [6.07, 6.45) is 0.497. The number of H-pyrrole nitrogens is 1. The molecule has 3 N–H and O–H groups in total. The van der Waals surface area contributed by atoms with Crippen LogP contribution in [0.1, 0.15) is 24.6 Å². The Morgan fingerprint density at radius 3 is 3.05 bits per heavy atom. The third kappa shape index (κ3) is 1.49. The maximum absolute atomic E-state index is 9.50. The van der Waals surface area contributed by atoms with E-state index in [1.807, 2.05) is 6.92 Å². The lowest BCUT2D eigenvalue weighted by Gasteiger charge is -2.35. The Morgan fingerprint density at radius 2 is 2.45 bits per heavy atom. The van der Waals surface area contributed by atoms with Crippen LogP contribution in [-0.2, 0) is 21.5 Å². The molecular weight excluding hydrogens is 260 g/mol. The highest BCUT2D eigenvalue weighted by Crippen LogP contribution is 2.51. The first-order valence-electron chi connectivity index (χ1n) is 6.41. The van der Waals surface area contributed by atoms with Gasteiger partial charge < -0.3 is 19.9 Å². The van der Waals surface area contributed by atoms with E-state index in [2.05, 4.69) is 16.3 Å². The Labute approximate surface area is 116 Å². The first-order valence-corrected chi connectivity index (χ1v) is 6.41. The summed E-state index contributed by atoms with van der Waals surface area (Å²) < 4.78 is 16.4. The van der Waals surface area contributed by atoms with Gasteiger partial charge in [0.05, 0.1) is 29.4 Å². The first-order chi connectivity index (χ1) is 9.65. The third-order valence-electron chi connectivity index (χ3n) is 4.11. The van der Waals surface area contributed by atoms with Crippen LogP contribution in [-0.4, -0.2) is 30.0 Å². The minimum absolute atomic E-state index is 0.104. The van der Waals surface area contributed by atoms with E-state index in [1.54, 1.807) is 7.11 Å². The highest BCUT2D eigenvalue weighted by molar-refractivity contribution is 5.55. The molecule has 106 valence electrons. The van der Waals surface area contributed by atoms with Crippen molar-refractivity contribution in [2.45, 2.75) is 31.5 Å². The Bertz CT molecular complexity index is 616. The topological polar surface area (TPSA) is 106 Å².